The van der Waals surface area contributed by atoms with Crippen molar-refractivity contribution in [2.24, 2.45) is 0 Å². The molecule has 1 N–H and O–H groups in total. The van der Waals surface area contributed by atoms with Gasteiger partial charge >= 0.3 is 0 Å². The Bertz CT molecular complexity index is 635. The first kappa shape index (κ1) is 13.0. The predicted molar refractivity (Wildman–Crippen MR) is 81.2 cm³/mol. The van der Waals surface area contributed by atoms with Crippen LogP contribution in [0.1, 0.15) is 30.5 Å². The van der Waals surface area contributed by atoms with Crippen molar-refractivity contribution < 1.29 is 4.74 Å². The monoisotopic (exact) mass is 268 g/mol. The number of hydrogen-bond acceptors (Lipinski definition) is 3. The molecule has 0 atom stereocenters. The summed E-state index contributed by atoms with van der Waals surface area (Å²) in [5.74, 6) is 1.02. The van der Waals surface area contributed by atoms with Gasteiger partial charge in [-0.25, -0.2) is 0 Å². The maximum absolute atomic E-state index is 5.90. The molecule has 0 fully saturated rings. The summed E-state index contributed by atoms with van der Waals surface area (Å²) >= 11 is 0. The Labute approximate surface area is 120 Å². The Hall–Kier alpha value is -2.03. The Kier molecular flexibility index (Phi) is 3.13. The summed E-state index contributed by atoms with van der Waals surface area (Å²) in [6.07, 6.45) is 4.66. The van der Waals surface area contributed by atoms with Crippen LogP contribution < -0.4 is 10.1 Å². The lowest BCUT2D eigenvalue weighted by atomic mass is 10.0. The van der Waals surface area contributed by atoms with Crippen LogP contribution in [0, 0.1) is 6.92 Å². The molecule has 0 spiro atoms. The Balaban J connectivity index is 1.73. The van der Waals surface area contributed by atoms with Crippen molar-refractivity contribution in [3.05, 3.63) is 53.3 Å². The summed E-state index contributed by atoms with van der Waals surface area (Å²) in [5, 5.41) is 3.44. The van der Waals surface area contributed by atoms with Gasteiger partial charge in [-0.05, 0) is 49.6 Å². The third kappa shape index (κ3) is 2.62. The second-order valence-electron chi connectivity index (χ2n) is 6.02. The van der Waals surface area contributed by atoms with Crippen molar-refractivity contribution in [3.63, 3.8) is 0 Å². The van der Waals surface area contributed by atoms with E-state index in [4.69, 9.17) is 4.74 Å². The van der Waals surface area contributed by atoms with E-state index in [9.17, 15) is 0 Å². The maximum Gasteiger partial charge on any atom is 0.123 e. The zero-order valence-corrected chi connectivity index (χ0v) is 12.2. The number of ether oxygens (including phenoxy) is 1. The molecule has 0 unspecified atom stereocenters. The average molecular weight is 268 g/mol. The van der Waals surface area contributed by atoms with E-state index in [0.717, 1.165) is 24.4 Å². The average Bonchev–Trinajstić information content (AvgIpc) is 2.71. The van der Waals surface area contributed by atoms with Gasteiger partial charge < -0.3 is 10.1 Å². The van der Waals surface area contributed by atoms with Crippen LogP contribution >= 0.6 is 0 Å². The van der Waals surface area contributed by atoms with Crippen LogP contribution in [0.15, 0.2) is 36.7 Å². The summed E-state index contributed by atoms with van der Waals surface area (Å²) in [4.78, 5) is 4.15. The number of benzene rings is 1. The molecule has 3 nitrogen and oxygen atoms in total. The van der Waals surface area contributed by atoms with Gasteiger partial charge in [-0.15, -0.1) is 0 Å². The molecule has 2 aromatic rings. The first-order valence-electron chi connectivity index (χ1n) is 6.99. The highest BCUT2D eigenvalue weighted by Crippen LogP contribution is 2.35. The molecule has 1 aliphatic heterocycles. The summed E-state index contributed by atoms with van der Waals surface area (Å²) < 4.78 is 5.90. The van der Waals surface area contributed by atoms with E-state index in [1.54, 1.807) is 0 Å². The molecule has 1 aromatic carbocycles. The fraction of sp³-hybridized carbons (Fsp3) is 0.353. The van der Waals surface area contributed by atoms with E-state index < -0.39 is 0 Å². The lowest BCUT2D eigenvalue weighted by Gasteiger charge is -2.16. The van der Waals surface area contributed by atoms with E-state index >= 15 is 0 Å². The number of nitrogens with zero attached hydrogens (tertiary/aromatic N) is 1. The van der Waals surface area contributed by atoms with Gasteiger partial charge in [0, 0.05) is 19.2 Å². The van der Waals surface area contributed by atoms with Gasteiger partial charge in [-0.2, -0.15) is 0 Å². The van der Waals surface area contributed by atoms with Gasteiger partial charge in [0.1, 0.15) is 11.4 Å². The largest absolute Gasteiger partial charge is 0.487 e. The van der Waals surface area contributed by atoms with Crippen LogP contribution in [0.4, 0.5) is 5.69 Å². The SMILES string of the molecule is Cc1ccncc1NCc1ccc2c(c1)CC(C)(C)O2. The normalized spacial score (nSPS) is 15.6. The van der Waals surface area contributed by atoms with Gasteiger partial charge in [0.25, 0.3) is 0 Å². The number of hydrogen-bond donors (Lipinski definition) is 1. The molecule has 104 valence electrons. The smallest absolute Gasteiger partial charge is 0.123 e. The topological polar surface area (TPSA) is 34.2 Å². The van der Waals surface area contributed by atoms with Crippen LogP contribution in [0.3, 0.4) is 0 Å². The van der Waals surface area contributed by atoms with Crippen LogP contribution in [-0.2, 0) is 13.0 Å². The maximum atomic E-state index is 5.90. The van der Waals surface area contributed by atoms with E-state index in [2.05, 4.69) is 49.3 Å². The van der Waals surface area contributed by atoms with Crippen molar-refractivity contribution in [1.82, 2.24) is 4.98 Å². The number of nitrogens with one attached hydrogen (secondary N) is 1. The zero-order valence-electron chi connectivity index (χ0n) is 12.2. The molecule has 2 heterocycles. The molecule has 0 bridgehead atoms. The van der Waals surface area contributed by atoms with Gasteiger partial charge in [-0.3, -0.25) is 4.98 Å². The highest BCUT2D eigenvalue weighted by Gasteiger charge is 2.29. The Morgan fingerprint density at radius 1 is 1.30 bits per heavy atom. The standard InChI is InChI=1S/C17H20N2O/c1-12-6-7-18-11-15(12)19-10-13-4-5-16-14(8-13)9-17(2,3)20-16/h4-8,11,19H,9-10H2,1-3H3. The Morgan fingerprint density at radius 3 is 2.95 bits per heavy atom. The van der Waals surface area contributed by atoms with Gasteiger partial charge in [0.2, 0.25) is 0 Å². The van der Waals surface area contributed by atoms with Gasteiger partial charge in [0.15, 0.2) is 0 Å². The second kappa shape index (κ2) is 4.82. The lowest BCUT2D eigenvalue weighted by molar-refractivity contribution is 0.138. The van der Waals surface area contributed by atoms with Crippen LogP contribution in [0.5, 0.6) is 5.75 Å². The van der Waals surface area contributed by atoms with Crippen LogP contribution in [0.25, 0.3) is 0 Å². The number of aryl methyl sites for hydroxylation is 1. The first-order chi connectivity index (χ1) is 9.53. The summed E-state index contributed by atoms with van der Waals surface area (Å²) in [6.45, 7) is 7.15. The van der Waals surface area contributed by atoms with Crippen molar-refractivity contribution in [2.45, 2.75) is 39.3 Å². The fourth-order valence-corrected chi connectivity index (χ4v) is 2.62. The van der Waals surface area contributed by atoms with Gasteiger partial charge in [-0.1, -0.05) is 12.1 Å². The lowest BCUT2D eigenvalue weighted by Crippen LogP contribution is -2.24. The number of aromatic nitrogens is 1. The molecule has 20 heavy (non-hydrogen) atoms. The number of rotatable bonds is 3. The molecule has 3 rings (SSSR count). The minimum Gasteiger partial charge on any atom is -0.487 e. The van der Waals surface area contributed by atoms with Crippen molar-refractivity contribution >= 4 is 5.69 Å². The molecular formula is C17H20N2O. The zero-order chi connectivity index (χ0) is 14.2. The highest BCUT2D eigenvalue weighted by atomic mass is 16.5. The van der Waals surface area contributed by atoms with E-state index in [1.807, 2.05) is 18.5 Å². The van der Waals surface area contributed by atoms with Crippen molar-refractivity contribution in [3.8, 4) is 5.75 Å². The molecule has 1 aliphatic rings. The summed E-state index contributed by atoms with van der Waals surface area (Å²) in [5.41, 5.74) is 4.80. The molecule has 0 saturated heterocycles. The third-order valence-corrected chi connectivity index (χ3v) is 3.65. The molecule has 0 aliphatic carbocycles. The number of fused-ring (bicyclic) bond motifs is 1. The van der Waals surface area contributed by atoms with Crippen molar-refractivity contribution in [2.75, 3.05) is 5.32 Å². The molecule has 1 aromatic heterocycles. The quantitative estimate of drug-likeness (QED) is 0.921. The van der Waals surface area contributed by atoms with Crippen molar-refractivity contribution in [1.29, 1.82) is 0 Å². The highest BCUT2D eigenvalue weighted by molar-refractivity contribution is 5.49. The van der Waals surface area contributed by atoms with Crippen LogP contribution in [-0.4, -0.2) is 10.6 Å². The third-order valence-electron chi connectivity index (χ3n) is 3.65. The van der Waals surface area contributed by atoms with E-state index in [1.165, 1.54) is 16.7 Å². The number of pyridine rings is 1. The number of anilines is 1. The fourth-order valence-electron chi connectivity index (χ4n) is 2.62. The van der Waals surface area contributed by atoms with Gasteiger partial charge in [0.05, 0.1) is 11.9 Å². The van der Waals surface area contributed by atoms with Crippen LogP contribution in [0.2, 0.25) is 0 Å². The molecule has 0 amide bonds. The molecule has 0 radical (unpaired) electrons. The minimum absolute atomic E-state index is 0.0751. The summed E-state index contributed by atoms with van der Waals surface area (Å²) in [6, 6.07) is 8.46. The first-order valence-corrected chi connectivity index (χ1v) is 6.99. The summed E-state index contributed by atoms with van der Waals surface area (Å²) in [7, 11) is 0. The predicted octanol–water partition coefficient (Wildman–Crippen LogP) is 3.72. The second-order valence-corrected chi connectivity index (χ2v) is 6.02. The Morgan fingerprint density at radius 2 is 2.15 bits per heavy atom. The molecule has 3 heteroatoms. The minimum atomic E-state index is -0.0751. The van der Waals surface area contributed by atoms with E-state index in [-0.39, 0.29) is 5.60 Å². The molecular weight excluding hydrogens is 248 g/mol. The molecule has 0 saturated carbocycles. The van der Waals surface area contributed by atoms with E-state index in [0.29, 0.717) is 0 Å².